The molecule has 5 heteroatoms. The first kappa shape index (κ1) is 17.4. The van der Waals surface area contributed by atoms with Crippen LogP contribution in [-0.2, 0) is 11.3 Å². The number of carbonyl (C=O) groups is 1. The fourth-order valence-electron chi connectivity index (χ4n) is 4.56. The Labute approximate surface area is 144 Å². The van der Waals surface area contributed by atoms with Gasteiger partial charge < -0.3 is 10.0 Å². The molecular formula is C19H29N3O2. The molecule has 1 N–H and O–H groups in total. The van der Waals surface area contributed by atoms with Crippen molar-refractivity contribution in [3.05, 3.63) is 29.6 Å². The van der Waals surface area contributed by atoms with Gasteiger partial charge in [-0.1, -0.05) is 0 Å². The van der Waals surface area contributed by atoms with E-state index >= 15 is 0 Å². The van der Waals surface area contributed by atoms with Crippen molar-refractivity contribution in [3.8, 4) is 0 Å². The van der Waals surface area contributed by atoms with Crippen molar-refractivity contribution in [2.45, 2.75) is 52.1 Å². The zero-order chi connectivity index (χ0) is 17.4. The Morgan fingerprint density at radius 1 is 1.38 bits per heavy atom. The second-order valence-electron chi connectivity index (χ2n) is 8.02. The van der Waals surface area contributed by atoms with E-state index < -0.39 is 5.54 Å². The number of pyridine rings is 1. The molecule has 0 aliphatic carbocycles. The number of aliphatic hydroxyl groups excluding tert-OH is 1. The Hall–Kier alpha value is -1.46. The van der Waals surface area contributed by atoms with Crippen LogP contribution >= 0.6 is 0 Å². The second-order valence-corrected chi connectivity index (χ2v) is 8.02. The SMILES string of the molecule is CC(=O)N1CC2(CCN(Cc3ccncc3C)CC2)CC1(C)CO. The highest BCUT2D eigenvalue weighted by molar-refractivity contribution is 5.74. The van der Waals surface area contributed by atoms with Crippen LogP contribution in [0.3, 0.4) is 0 Å². The summed E-state index contributed by atoms with van der Waals surface area (Å²) in [4.78, 5) is 20.6. The topological polar surface area (TPSA) is 56.7 Å². The minimum atomic E-state index is -0.393. The molecule has 0 saturated carbocycles. The van der Waals surface area contributed by atoms with Gasteiger partial charge in [0.05, 0.1) is 12.1 Å². The fourth-order valence-corrected chi connectivity index (χ4v) is 4.56. The summed E-state index contributed by atoms with van der Waals surface area (Å²) < 4.78 is 0. The zero-order valence-electron chi connectivity index (χ0n) is 15.1. The molecule has 1 atom stereocenters. The van der Waals surface area contributed by atoms with Gasteiger partial charge in [0.2, 0.25) is 5.91 Å². The molecule has 2 fully saturated rings. The first-order chi connectivity index (χ1) is 11.4. The third kappa shape index (κ3) is 3.20. The number of carbonyl (C=O) groups excluding carboxylic acids is 1. The number of likely N-dealkylation sites (tertiary alicyclic amines) is 2. The fraction of sp³-hybridized carbons (Fsp3) is 0.684. The molecular weight excluding hydrogens is 302 g/mol. The van der Waals surface area contributed by atoms with E-state index in [0.717, 1.165) is 45.4 Å². The highest BCUT2D eigenvalue weighted by atomic mass is 16.3. The lowest BCUT2D eigenvalue weighted by atomic mass is 9.74. The number of aromatic nitrogens is 1. The molecule has 1 unspecified atom stereocenters. The molecule has 3 rings (SSSR count). The normalized spacial score (nSPS) is 26.9. The van der Waals surface area contributed by atoms with E-state index in [1.54, 1.807) is 6.92 Å². The number of piperidine rings is 1. The predicted molar refractivity (Wildman–Crippen MR) is 93.4 cm³/mol. The average Bonchev–Trinajstić information content (AvgIpc) is 2.86. The van der Waals surface area contributed by atoms with Crippen LogP contribution in [0.15, 0.2) is 18.5 Å². The van der Waals surface area contributed by atoms with Crippen LogP contribution in [0.5, 0.6) is 0 Å². The molecule has 0 aromatic carbocycles. The van der Waals surface area contributed by atoms with Crippen LogP contribution in [0.1, 0.15) is 44.2 Å². The van der Waals surface area contributed by atoms with Gasteiger partial charge in [0.25, 0.3) is 0 Å². The third-order valence-corrected chi connectivity index (χ3v) is 6.07. The summed E-state index contributed by atoms with van der Waals surface area (Å²) in [5, 5.41) is 9.83. The van der Waals surface area contributed by atoms with Crippen molar-refractivity contribution in [2.24, 2.45) is 5.41 Å². The number of nitrogens with zero attached hydrogens (tertiary/aromatic N) is 3. The van der Waals surface area contributed by atoms with E-state index in [2.05, 4.69) is 22.9 Å². The molecule has 0 bridgehead atoms. The van der Waals surface area contributed by atoms with Gasteiger partial charge in [-0.3, -0.25) is 14.7 Å². The first-order valence-electron chi connectivity index (χ1n) is 8.88. The molecule has 5 nitrogen and oxygen atoms in total. The molecule has 1 aromatic heterocycles. The number of hydrogen-bond donors (Lipinski definition) is 1. The van der Waals surface area contributed by atoms with Gasteiger partial charge in [-0.25, -0.2) is 0 Å². The van der Waals surface area contributed by atoms with Gasteiger partial charge in [-0.2, -0.15) is 0 Å². The summed E-state index contributed by atoms with van der Waals surface area (Å²) in [5.41, 5.74) is 2.37. The molecule has 2 saturated heterocycles. The molecule has 1 spiro atoms. The molecule has 2 aliphatic heterocycles. The first-order valence-corrected chi connectivity index (χ1v) is 8.88. The summed E-state index contributed by atoms with van der Waals surface area (Å²) in [7, 11) is 0. The Kier molecular flexibility index (Phi) is 4.67. The lowest BCUT2D eigenvalue weighted by molar-refractivity contribution is -0.134. The molecule has 0 radical (unpaired) electrons. The maximum Gasteiger partial charge on any atom is 0.219 e. The number of aliphatic hydroxyl groups is 1. The standard InChI is InChI=1S/C19H29N3O2/c1-15-10-20-7-4-17(15)11-21-8-5-19(6-9-21)12-18(3,14-23)22(13-19)16(2)24/h4,7,10,23H,5-6,8-9,11-14H2,1-3H3. The van der Waals surface area contributed by atoms with Gasteiger partial charge in [-0.15, -0.1) is 0 Å². The van der Waals surface area contributed by atoms with E-state index in [1.165, 1.54) is 11.1 Å². The number of amides is 1. The molecule has 24 heavy (non-hydrogen) atoms. The summed E-state index contributed by atoms with van der Waals surface area (Å²) in [6, 6.07) is 2.11. The van der Waals surface area contributed by atoms with Gasteiger partial charge in [-0.05, 0) is 68.8 Å². The maximum atomic E-state index is 12.0. The average molecular weight is 331 g/mol. The summed E-state index contributed by atoms with van der Waals surface area (Å²) in [5.74, 6) is 0.0817. The van der Waals surface area contributed by atoms with Crippen LogP contribution in [-0.4, -0.2) is 57.6 Å². The second kappa shape index (κ2) is 6.45. The van der Waals surface area contributed by atoms with Crippen molar-refractivity contribution >= 4 is 5.91 Å². The Balaban J connectivity index is 1.65. The lowest BCUT2D eigenvalue weighted by Crippen LogP contribution is -2.46. The van der Waals surface area contributed by atoms with Gasteiger partial charge in [0.1, 0.15) is 0 Å². The van der Waals surface area contributed by atoms with Crippen molar-refractivity contribution in [1.82, 2.24) is 14.8 Å². The number of rotatable bonds is 3. The quantitative estimate of drug-likeness (QED) is 0.920. The molecule has 1 amide bonds. The number of aryl methyl sites for hydroxylation is 1. The van der Waals surface area contributed by atoms with E-state index in [1.807, 2.05) is 24.2 Å². The molecule has 2 aliphatic rings. The van der Waals surface area contributed by atoms with Gasteiger partial charge in [0.15, 0.2) is 0 Å². The summed E-state index contributed by atoms with van der Waals surface area (Å²) in [6.45, 7) is 9.67. The van der Waals surface area contributed by atoms with Crippen molar-refractivity contribution in [2.75, 3.05) is 26.2 Å². The van der Waals surface area contributed by atoms with E-state index in [9.17, 15) is 9.90 Å². The largest absolute Gasteiger partial charge is 0.394 e. The molecule has 1 aromatic rings. The van der Waals surface area contributed by atoms with Gasteiger partial charge >= 0.3 is 0 Å². The number of hydrogen-bond acceptors (Lipinski definition) is 4. The minimum absolute atomic E-state index is 0.0499. The van der Waals surface area contributed by atoms with Crippen LogP contribution < -0.4 is 0 Å². The van der Waals surface area contributed by atoms with E-state index in [4.69, 9.17) is 0 Å². The van der Waals surface area contributed by atoms with Crippen LogP contribution in [0.25, 0.3) is 0 Å². The highest BCUT2D eigenvalue weighted by Gasteiger charge is 2.52. The Morgan fingerprint density at radius 3 is 2.62 bits per heavy atom. The minimum Gasteiger partial charge on any atom is -0.394 e. The van der Waals surface area contributed by atoms with Crippen molar-refractivity contribution in [3.63, 3.8) is 0 Å². The summed E-state index contributed by atoms with van der Waals surface area (Å²) >= 11 is 0. The lowest BCUT2D eigenvalue weighted by Gasteiger charge is -2.39. The third-order valence-electron chi connectivity index (χ3n) is 6.07. The maximum absolute atomic E-state index is 12.0. The Bertz CT molecular complexity index is 610. The van der Waals surface area contributed by atoms with E-state index in [0.29, 0.717) is 0 Å². The zero-order valence-corrected chi connectivity index (χ0v) is 15.1. The predicted octanol–water partition coefficient (Wildman–Crippen LogP) is 1.98. The van der Waals surface area contributed by atoms with E-state index in [-0.39, 0.29) is 17.9 Å². The van der Waals surface area contributed by atoms with Crippen molar-refractivity contribution in [1.29, 1.82) is 0 Å². The van der Waals surface area contributed by atoms with Crippen molar-refractivity contribution < 1.29 is 9.90 Å². The Morgan fingerprint density at radius 2 is 2.08 bits per heavy atom. The monoisotopic (exact) mass is 331 g/mol. The summed E-state index contributed by atoms with van der Waals surface area (Å²) in [6.07, 6.45) is 6.89. The molecule has 132 valence electrons. The molecule has 3 heterocycles. The van der Waals surface area contributed by atoms with Crippen LogP contribution in [0.2, 0.25) is 0 Å². The van der Waals surface area contributed by atoms with Gasteiger partial charge in [0, 0.05) is 32.4 Å². The smallest absolute Gasteiger partial charge is 0.219 e. The van der Waals surface area contributed by atoms with Crippen LogP contribution in [0.4, 0.5) is 0 Å². The van der Waals surface area contributed by atoms with Crippen LogP contribution in [0, 0.1) is 12.3 Å². The highest BCUT2D eigenvalue weighted by Crippen LogP contribution is 2.48.